The number of H-pyrrole nitrogens is 1. The first-order chi connectivity index (χ1) is 16.5. The number of carbonyl (C=O) groups excluding carboxylic acids is 1. The van der Waals surface area contributed by atoms with Gasteiger partial charge in [-0.2, -0.15) is 0 Å². The summed E-state index contributed by atoms with van der Waals surface area (Å²) in [5.41, 5.74) is -1.39. The molecule has 0 bridgehead atoms. The lowest BCUT2D eigenvalue weighted by atomic mass is 10.1. The predicted octanol–water partition coefficient (Wildman–Crippen LogP) is 4.57. The van der Waals surface area contributed by atoms with Gasteiger partial charge in [0.25, 0.3) is 0 Å². The Morgan fingerprint density at radius 3 is 2.57 bits per heavy atom. The molecule has 14 heteroatoms. The zero-order valence-electron chi connectivity index (χ0n) is 17.8. The van der Waals surface area contributed by atoms with Crippen molar-refractivity contribution in [1.82, 2.24) is 15.3 Å². The van der Waals surface area contributed by atoms with Gasteiger partial charge in [0.15, 0.2) is 23.1 Å². The minimum Gasteiger partial charge on any atom is -0.450 e. The van der Waals surface area contributed by atoms with Crippen molar-refractivity contribution in [1.29, 1.82) is 0 Å². The van der Waals surface area contributed by atoms with E-state index in [1.807, 2.05) is 0 Å². The van der Waals surface area contributed by atoms with Gasteiger partial charge in [-0.3, -0.25) is 4.74 Å². The van der Waals surface area contributed by atoms with Gasteiger partial charge in [0, 0.05) is 30.2 Å². The van der Waals surface area contributed by atoms with E-state index in [2.05, 4.69) is 25.3 Å². The third kappa shape index (κ3) is 5.95. The largest absolute Gasteiger partial charge is 0.522 e. The van der Waals surface area contributed by atoms with Crippen LogP contribution in [0.3, 0.4) is 0 Å². The van der Waals surface area contributed by atoms with Crippen LogP contribution in [0.5, 0.6) is 11.5 Å². The average molecular weight is 504 g/mol. The van der Waals surface area contributed by atoms with Crippen molar-refractivity contribution in [3.63, 3.8) is 0 Å². The van der Waals surface area contributed by atoms with Crippen LogP contribution in [0.25, 0.3) is 11.0 Å². The van der Waals surface area contributed by atoms with Crippen LogP contribution >= 0.6 is 0 Å². The molecule has 0 unspecified atom stereocenters. The third-order valence-electron chi connectivity index (χ3n) is 5.01. The number of anilines is 1. The average Bonchev–Trinajstić information content (AvgIpc) is 3.16. The summed E-state index contributed by atoms with van der Waals surface area (Å²) in [7, 11) is 0. The van der Waals surface area contributed by atoms with E-state index in [1.54, 1.807) is 0 Å². The molecule has 1 aliphatic rings. The Balaban J connectivity index is 1.48. The van der Waals surface area contributed by atoms with Crippen molar-refractivity contribution in [3.05, 3.63) is 47.8 Å². The zero-order valence-corrected chi connectivity index (χ0v) is 17.8. The molecule has 0 radical (unpaired) electrons. The first-order valence-corrected chi connectivity index (χ1v) is 10.2. The highest BCUT2D eigenvalue weighted by atomic mass is 19.4. The fourth-order valence-electron chi connectivity index (χ4n) is 3.33. The van der Waals surface area contributed by atoms with E-state index in [9.17, 15) is 31.1 Å². The number of benzene rings is 1. The van der Waals surface area contributed by atoms with Crippen LogP contribution in [-0.2, 0) is 15.9 Å². The first kappa shape index (κ1) is 24.6. The van der Waals surface area contributed by atoms with E-state index in [-0.39, 0.29) is 48.6 Å². The molecule has 3 heterocycles. The number of rotatable bonds is 8. The molecule has 2 aromatic heterocycles. The van der Waals surface area contributed by atoms with E-state index in [1.165, 1.54) is 18.5 Å². The second kappa shape index (κ2) is 9.62. The van der Waals surface area contributed by atoms with Crippen LogP contribution in [0.2, 0.25) is 0 Å². The maximum absolute atomic E-state index is 14.7. The lowest BCUT2D eigenvalue weighted by Crippen LogP contribution is -2.54. The second-order valence-corrected chi connectivity index (χ2v) is 7.71. The molecule has 35 heavy (non-hydrogen) atoms. The molecule has 2 amide bonds. The number of fused-ring (bicyclic) bond motifs is 1. The van der Waals surface area contributed by atoms with E-state index in [0.717, 1.165) is 12.1 Å². The number of aromatic amines is 1. The van der Waals surface area contributed by atoms with E-state index in [4.69, 9.17) is 9.47 Å². The van der Waals surface area contributed by atoms with Crippen LogP contribution in [0, 0.1) is 11.6 Å². The molecule has 188 valence electrons. The van der Waals surface area contributed by atoms with Gasteiger partial charge in [-0.05, 0) is 18.1 Å². The molecule has 8 nitrogen and oxygen atoms in total. The van der Waals surface area contributed by atoms with Crippen molar-refractivity contribution in [2.75, 3.05) is 31.7 Å². The highest BCUT2D eigenvalue weighted by Gasteiger charge is 2.39. The number of urea groups is 1. The van der Waals surface area contributed by atoms with Crippen LogP contribution < -0.4 is 15.4 Å². The SMILES string of the molecule is O=C(NCC1(F)COC1)Nc1cc(F)c(Oc2ccnc3[nH]cc(CCOC(F)(F)F)c23)c(F)c1. The van der Waals surface area contributed by atoms with Crippen LogP contribution in [-0.4, -0.2) is 54.4 Å². The van der Waals surface area contributed by atoms with E-state index in [0.29, 0.717) is 5.56 Å². The maximum atomic E-state index is 14.7. The smallest absolute Gasteiger partial charge is 0.450 e. The van der Waals surface area contributed by atoms with Gasteiger partial charge in [-0.25, -0.2) is 22.9 Å². The van der Waals surface area contributed by atoms with E-state index < -0.39 is 42.1 Å². The molecule has 0 atom stereocenters. The van der Waals surface area contributed by atoms with Gasteiger partial charge in [-0.1, -0.05) is 0 Å². The zero-order chi connectivity index (χ0) is 25.2. The van der Waals surface area contributed by atoms with Crippen molar-refractivity contribution < 1.29 is 45.3 Å². The Morgan fingerprint density at radius 2 is 1.94 bits per heavy atom. The lowest BCUT2D eigenvalue weighted by Gasteiger charge is -2.33. The number of alkyl halides is 4. The Morgan fingerprint density at radius 1 is 1.23 bits per heavy atom. The minimum absolute atomic E-state index is 0.0644. The fraction of sp³-hybridized carbons (Fsp3) is 0.333. The summed E-state index contributed by atoms with van der Waals surface area (Å²) in [6, 6.07) is 2.00. The lowest BCUT2D eigenvalue weighted by molar-refractivity contribution is -0.324. The fourth-order valence-corrected chi connectivity index (χ4v) is 3.33. The summed E-state index contributed by atoms with van der Waals surface area (Å²) in [6.45, 7) is -1.35. The number of hydrogen-bond donors (Lipinski definition) is 3. The van der Waals surface area contributed by atoms with Gasteiger partial charge in [0.1, 0.15) is 11.4 Å². The number of ether oxygens (including phenoxy) is 3. The Labute approximate surface area is 193 Å². The molecule has 1 aliphatic heterocycles. The third-order valence-corrected chi connectivity index (χ3v) is 5.01. The van der Waals surface area contributed by atoms with E-state index >= 15 is 0 Å². The van der Waals surface area contributed by atoms with Gasteiger partial charge in [0.2, 0.25) is 0 Å². The summed E-state index contributed by atoms with van der Waals surface area (Å²) in [4.78, 5) is 18.7. The summed E-state index contributed by atoms with van der Waals surface area (Å²) < 4.78 is 93.9. The molecule has 1 fully saturated rings. The highest BCUT2D eigenvalue weighted by molar-refractivity contribution is 5.89. The Bertz CT molecular complexity index is 1210. The molecular weight excluding hydrogens is 486 g/mol. The van der Waals surface area contributed by atoms with Crippen molar-refractivity contribution in [3.8, 4) is 11.5 Å². The van der Waals surface area contributed by atoms with Gasteiger partial charge in [0.05, 0.1) is 31.8 Å². The molecule has 1 saturated heterocycles. The number of halogens is 6. The predicted molar refractivity (Wildman–Crippen MR) is 110 cm³/mol. The molecule has 0 aliphatic carbocycles. The molecule has 3 aromatic rings. The number of nitrogens with zero attached hydrogens (tertiary/aromatic N) is 1. The normalized spacial score (nSPS) is 15.0. The van der Waals surface area contributed by atoms with Crippen molar-refractivity contribution in [2.45, 2.75) is 18.5 Å². The molecular formula is C21H18F6N4O4. The summed E-state index contributed by atoms with van der Waals surface area (Å²) in [5, 5.41) is 4.66. The van der Waals surface area contributed by atoms with Crippen LogP contribution in [0.4, 0.5) is 36.8 Å². The summed E-state index contributed by atoms with van der Waals surface area (Å²) in [5.74, 6) is -3.21. The number of aromatic nitrogens is 2. The number of amides is 2. The van der Waals surface area contributed by atoms with Gasteiger partial charge in [-0.15, -0.1) is 13.2 Å². The number of pyridine rings is 1. The number of nitrogens with one attached hydrogen (secondary N) is 3. The Hall–Kier alpha value is -3.52. The minimum atomic E-state index is -4.80. The van der Waals surface area contributed by atoms with Gasteiger partial charge >= 0.3 is 12.4 Å². The second-order valence-electron chi connectivity index (χ2n) is 7.71. The standard InChI is InChI=1S/C21H18F6N4O4/c22-13-5-12(31-19(32)30-8-20(24)9-33-10-20)6-14(23)17(13)35-15-1-3-28-18-16(15)11(7-29-18)2-4-34-21(25,26)27/h1,3,5-7H,2,4,8-10H2,(H,28,29)(H2,30,31,32). The highest BCUT2D eigenvalue weighted by Crippen LogP contribution is 2.35. The monoisotopic (exact) mass is 504 g/mol. The molecule has 1 aromatic carbocycles. The molecule has 3 N–H and O–H groups in total. The van der Waals surface area contributed by atoms with Crippen molar-refractivity contribution in [2.24, 2.45) is 0 Å². The Kier molecular flexibility index (Phi) is 6.76. The summed E-state index contributed by atoms with van der Waals surface area (Å²) >= 11 is 0. The molecule has 0 spiro atoms. The summed E-state index contributed by atoms with van der Waals surface area (Å²) in [6.07, 6.45) is -2.32. The van der Waals surface area contributed by atoms with Crippen LogP contribution in [0.15, 0.2) is 30.6 Å². The topological polar surface area (TPSA) is 97.5 Å². The number of hydrogen-bond acceptors (Lipinski definition) is 5. The first-order valence-electron chi connectivity index (χ1n) is 10.2. The quantitative estimate of drug-likeness (QED) is 0.391. The number of carbonyl (C=O) groups is 1. The van der Waals surface area contributed by atoms with Crippen LogP contribution in [0.1, 0.15) is 5.56 Å². The van der Waals surface area contributed by atoms with Crippen molar-refractivity contribution >= 4 is 22.8 Å². The molecule has 0 saturated carbocycles. The van der Waals surface area contributed by atoms with Gasteiger partial charge < -0.3 is 25.1 Å². The maximum Gasteiger partial charge on any atom is 0.522 e. The molecule has 4 rings (SSSR count).